The van der Waals surface area contributed by atoms with Gasteiger partial charge in [-0.05, 0) is 37.2 Å². The Hall–Kier alpha value is -1.85. The average Bonchev–Trinajstić information content (AvgIpc) is 2.37. The van der Waals surface area contributed by atoms with Crippen molar-refractivity contribution in [3.63, 3.8) is 0 Å². The summed E-state index contributed by atoms with van der Waals surface area (Å²) in [6.07, 6.45) is 4.83. The van der Waals surface area contributed by atoms with Crippen molar-refractivity contribution in [3.8, 4) is 5.88 Å². The van der Waals surface area contributed by atoms with Gasteiger partial charge in [-0.15, -0.1) is 5.10 Å². The van der Waals surface area contributed by atoms with Gasteiger partial charge in [-0.1, -0.05) is 19.0 Å². The molecule has 6 nitrogen and oxygen atoms in total. The molecule has 19 heavy (non-hydrogen) atoms. The zero-order valence-corrected chi connectivity index (χ0v) is 11.3. The molecule has 1 fully saturated rings. The monoisotopic (exact) mass is 264 g/mol. The second kappa shape index (κ2) is 5.86. The summed E-state index contributed by atoms with van der Waals surface area (Å²) >= 11 is 0. The van der Waals surface area contributed by atoms with E-state index in [9.17, 15) is 0 Å². The lowest BCUT2D eigenvalue weighted by Crippen LogP contribution is -2.30. The molecule has 0 saturated heterocycles. The van der Waals surface area contributed by atoms with E-state index in [4.69, 9.17) is 15.7 Å². The average molecular weight is 264 g/mol. The molecule has 3 N–H and O–H groups in total. The lowest BCUT2D eigenvalue weighted by atomic mass is 9.82. The van der Waals surface area contributed by atoms with E-state index in [-0.39, 0.29) is 11.9 Å². The third-order valence-corrected chi connectivity index (χ3v) is 3.48. The summed E-state index contributed by atoms with van der Waals surface area (Å²) in [6, 6.07) is 1.63. The van der Waals surface area contributed by atoms with Gasteiger partial charge in [0, 0.05) is 0 Å². The number of amidine groups is 1. The van der Waals surface area contributed by atoms with Gasteiger partial charge in [0.2, 0.25) is 5.88 Å². The summed E-state index contributed by atoms with van der Waals surface area (Å²) in [5, 5.41) is 19.5. The molecule has 1 aliphatic rings. The molecule has 1 aromatic rings. The van der Waals surface area contributed by atoms with Crippen molar-refractivity contribution in [2.45, 2.75) is 39.2 Å². The van der Waals surface area contributed by atoms with Gasteiger partial charge in [0.05, 0.1) is 11.8 Å². The number of oxime groups is 1. The van der Waals surface area contributed by atoms with E-state index in [2.05, 4.69) is 29.2 Å². The maximum Gasteiger partial charge on any atom is 0.244 e. The molecule has 0 aliphatic heterocycles. The van der Waals surface area contributed by atoms with Gasteiger partial charge in [0.15, 0.2) is 5.84 Å². The first kappa shape index (κ1) is 13.6. The fourth-order valence-electron chi connectivity index (χ4n) is 2.78. The third kappa shape index (κ3) is 3.33. The van der Waals surface area contributed by atoms with Crippen molar-refractivity contribution >= 4 is 5.84 Å². The number of hydrogen-bond acceptors (Lipinski definition) is 5. The molecule has 1 aliphatic carbocycles. The van der Waals surface area contributed by atoms with Gasteiger partial charge in [-0.3, -0.25) is 0 Å². The molecule has 2 rings (SSSR count). The summed E-state index contributed by atoms with van der Waals surface area (Å²) < 4.78 is 5.90. The highest BCUT2D eigenvalue weighted by Gasteiger charge is 2.26. The maximum atomic E-state index is 8.76. The minimum atomic E-state index is -0.0122. The molecule has 0 amide bonds. The van der Waals surface area contributed by atoms with Gasteiger partial charge in [0.25, 0.3) is 0 Å². The predicted molar refractivity (Wildman–Crippen MR) is 71.1 cm³/mol. The number of nitrogens with zero attached hydrogens (tertiary/aromatic N) is 3. The summed E-state index contributed by atoms with van der Waals surface area (Å²) in [5.74, 6) is 1.60. The van der Waals surface area contributed by atoms with Crippen LogP contribution in [-0.2, 0) is 0 Å². The predicted octanol–water partition coefficient (Wildman–Crippen LogP) is 1.77. The number of aromatic nitrogens is 2. The fourth-order valence-corrected chi connectivity index (χ4v) is 2.78. The van der Waals surface area contributed by atoms with Gasteiger partial charge in [0.1, 0.15) is 6.10 Å². The van der Waals surface area contributed by atoms with Crippen LogP contribution < -0.4 is 10.5 Å². The summed E-state index contributed by atoms with van der Waals surface area (Å²) in [7, 11) is 0. The van der Waals surface area contributed by atoms with E-state index >= 15 is 0 Å². The number of rotatable bonds is 3. The Labute approximate surface area is 112 Å². The van der Waals surface area contributed by atoms with E-state index in [0.717, 1.165) is 12.8 Å². The van der Waals surface area contributed by atoms with Gasteiger partial charge in [-0.2, -0.15) is 5.10 Å². The molecule has 0 bridgehead atoms. The smallest absolute Gasteiger partial charge is 0.244 e. The first-order chi connectivity index (χ1) is 9.10. The zero-order valence-electron chi connectivity index (χ0n) is 11.3. The van der Waals surface area contributed by atoms with Crippen LogP contribution in [0.1, 0.15) is 38.7 Å². The summed E-state index contributed by atoms with van der Waals surface area (Å²) in [4.78, 5) is 0. The topological polar surface area (TPSA) is 93.6 Å². The highest BCUT2D eigenvalue weighted by atomic mass is 16.5. The Kier molecular flexibility index (Phi) is 4.19. The van der Waals surface area contributed by atoms with E-state index < -0.39 is 0 Å². The normalized spacial score (nSPS) is 28.1. The van der Waals surface area contributed by atoms with E-state index in [1.165, 1.54) is 12.6 Å². The second-order valence-corrected chi connectivity index (χ2v) is 5.39. The highest BCUT2D eigenvalue weighted by Crippen LogP contribution is 2.31. The fraction of sp³-hybridized carbons (Fsp3) is 0.615. The van der Waals surface area contributed by atoms with Gasteiger partial charge in [-0.25, -0.2) is 0 Å². The summed E-state index contributed by atoms with van der Waals surface area (Å²) in [6.45, 7) is 4.46. The Morgan fingerprint density at radius 1 is 1.37 bits per heavy atom. The standard InChI is InChI=1S/C13H20N4O2/c1-8-5-9(2)7-10(6-8)19-13-11(12(14)17-18)3-4-15-16-13/h3-4,8-10,18H,5-7H2,1-2H3,(H2,14,17). The molecule has 0 aromatic carbocycles. The van der Waals surface area contributed by atoms with Crippen LogP contribution in [-0.4, -0.2) is 27.3 Å². The van der Waals surface area contributed by atoms with Crippen molar-refractivity contribution in [2.24, 2.45) is 22.7 Å². The summed E-state index contributed by atoms with van der Waals surface area (Å²) in [5.41, 5.74) is 6.08. The number of hydrogen-bond donors (Lipinski definition) is 2. The van der Waals surface area contributed by atoms with Gasteiger partial charge < -0.3 is 15.7 Å². The van der Waals surface area contributed by atoms with Crippen molar-refractivity contribution in [1.82, 2.24) is 10.2 Å². The first-order valence-electron chi connectivity index (χ1n) is 6.56. The Bertz CT molecular complexity index is 454. The molecule has 6 heteroatoms. The lowest BCUT2D eigenvalue weighted by Gasteiger charge is -2.31. The van der Waals surface area contributed by atoms with E-state index in [1.54, 1.807) is 6.07 Å². The molecular weight excluding hydrogens is 244 g/mol. The molecule has 1 heterocycles. The van der Waals surface area contributed by atoms with E-state index in [1.807, 2.05) is 0 Å². The van der Waals surface area contributed by atoms with Crippen molar-refractivity contribution in [2.75, 3.05) is 0 Å². The SMILES string of the molecule is CC1CC(C)CC(Oc2nnccc2/C(N)=N/O)C1. The van der Waals surface area contributed by atoms with Crippen LogP contribution in [0.15, 0.2) is 17.4 Å². The van der Waals surface area contributed by atoms with Crippen LogP contribution >= 0.6 is 0 Å². The van der Waals surface area contributed by atoms with Crippen LogP contribution in [0, 0.1) is 11.8 Å². The Morgan fingerprint density at radius 3 is 2.68 bits per heavy atom. The third-order valence-electron chi connectivity index (χ3n) is 3.48. The van der Waals surface area contributed by atoms with Crippen molar-refractivity contribution < 1.29 is 9.94 Å². The van der Waals surface area contributed by atoms with Crippen LogP contribution in [0.4, 0.5) is 0 Å². The molecule has 104 valence electrons. The minimum absolute atomic E-state index is 0.0122. The van der Waals surface area contributed by atoms with Crippen molar-refractivity contribution in [3.05, 3.63) is 17.8 Å². The lowest BCUT2D eigenvalue weighted by molar-refractivity contribution is 0.0954. The molecular formula is C13H20N4O2. The quantitative estimate of drug-likeness (QED) is 0.375. The van der Waals surface area contributed by atoms with Crippen LogP contribution in [0.3, 0.4) is 0 Å². The second-order valence-electron chi connectivity index (χ2n) is 5.39. The molecule has 2 atom stereocenters. The van der Waals surface area contributed by atoms with Crippen molar-refractivity contribution in [1.29, 1.82) is 0 Å². The largest absolute Gasteiger partial charge is 0.473 e. The zero-order chi connectivity index (χ0) is 13.8. The van der Waals surface area contributed by atoms with E-state index in [0.29, 0.717) is 23.3 Å². The minimum Gasteiger partial charge on any atom is -0.473 e. The van der Waals surface area contributed by atoms with Crippen LogP contribution in [0.25, 0.3) is 0 Å². The highest BCUT2D eigenvalue weighted by molar-refractivity contribution is 5.98. The Balaban J connectivity index is 2.15. The van der Waals surface area contributed by atoms with Crippen LogP contribution in [0.2, 0.25) is 0 Å². The van der Waals surface area contributed by atoms with Crippen LogP contribution in [0.5, 0.6) is 5.88 Å². The molecule has 0 spiro atoms. The molecule has 1 aromatic heterocycles. The maximum absolute atomic E-state index is 8.76. The molecule has 2 unspecified atom stereocenters. The number of ether oxygens (including phenoxy) is 1. The molecule has 1 saturated carbocycles. The molecule has 0 radical (unpaired) electrons. The first-order valence-corrected chi connectivity index (χ1v) is 6.56. The van der Waals surface area contributed by atoms with Gasteiger partial charge >= 0.3 is 0 Å². The Morgan fingerprint density at radius 2 is 2.05 bits per heavy atom. The number of nitrogens with two attached hydrogens (primary N) is 1.